The molecule has 0 aliphatic rings. The van der Waals surface area contributed by atoms with E-state index in [1.807, 2.05) is 0 Å². The van der Waals surface area contributed by atoms with Gasteiger partial charge in [-0.25, -0.2) is 0 Å². The molecule has 0 amide bonds. The molecule has 0 saturated heterocycles. The van der Waals surface area contributed by atoms with E-state index in [2.05, 4.69) is 13.8 Å². The Morgan fingerprint density at radius 2 is 1.67 bits per heavy atom. The highest BCUT2D eigenvalue weighted by Gasteiger charge is 1.70. The van der Waals surface area contributed by atoms with Crippen LogP contribution in [0.15, 0.2) is 0 Å². The summed E-state index contributed by atoms with van der Waals surface area (Å²) in [5.74, 6) is 0. The lowest BCUT2D eigenvalue weighted by atomic mass is 9.52. The number of unbranched alkanes of at least 4 members (excludes halogenated alkanes) is 1. The minimum atomic E-state index is 0.663. The van der Waals surface area contributed by atoms with E-state index in [9.17, 15) is 0 Å². The molecule has 0 fully saturated rings. The largest absolute Gasteiger partial charge is 0.0970 e. The van der Waals surface area contributed by atoms with Crippen LogP contribution < -0.4 is 0 Å². The Hall–Kier alpha value is 0.195. The summed E-state index contributed by atoms with van der Waals surface area (Å²) < 4.78 is 0. The Morgan fingerprint density at radius 1 is 1.22 bits per heavy atom. The second-order valence-electron chi connectivity index (χ2n) is 1.81. The molecule has 0 aromatic carbocycles. The van der Waals surface area contributed by atoms with Gasteiger partial charge in [0, 0.05) is 7.74 Å². The molecule has 3 heteroatoms. The van der Waals surface area contributed by atoms with Crippen molar-refractivity contribution < 1.29 is 0 Å². The lowest BCUT2D eigenvalue weighted by Gasteiger charge is -1.77. The first-order chi connectivity index (χ1) is 4.33. The average molecular weight is 119 g/mol. The van der Waals surface area contributed by atoms with E-state index >= 15 is 0 Å². The molecule has 0 N–H and O–H groups in total. The summed E-state index contributed by atoms with van der Waals surface area (Å²) in [7, 11) is 11.5. The van der Waals surface area contributed by atoms with Crippen LogP contribution in [0.1, 0.15) is 26.7 Å². The Balaban J connectivity index is 0. The average Bonchev–Trinajstić information content (AvgIpc) is 1.91. The number of hydrogen-bond donors (Lipinski definition) is 0. The van der Waals surface area contributed by atoms with Crippen molar-refractivity contribution in [3.05, 3.63) is 0 Å². The zero-order valence-electron chi connectivity index (χ0n) is 6.56. The molecule has 0 rings (SSSR count). The lowest BCUT2D eigenvalue weighted by Crippen LogP contribution is -1.83. The third-order valence-electron chi connectivity index (χ3n) is 0.833. The summed E-state index contributed by atoms with van der Waals surface area (Å²) >= 11 is 0. The van der Waals surface area contributed by atoms with E-state index in [0.717, 1.165) is 6.32 Å². The molecule has 0 bridgehead atoms. The van der Waals surface area contributed by atoms with Crippen molar-refractivity contribution >= 4 is 22.8 Å². The normalized spacial score (nSPS) is 7.33. The van der Waals surface area contributed by atoms with Crippen molar-refractivity contribution in [1.82, 2.24) is 0 Å². The molecule has 0 saturated carbocycles. The standard InChI is InChI=1S/C4H10.C2H4B3/c1-3-4-2;3-1-2-5-4/h3-4H2,1-2H3;1-2H2. The van der Waals surface area contributed by atoms with Gasteiger partial charge in [0.2, 0.25) is 0 Å². The summed E-state index contributed by atoms with van der Waals surface area (Å²) in [4.78, 5) is 0. The first-order valence-electron chi connectivity index (χ1n) is 3.56. The van der Waals surface area contributed by atoms with Gasteiger partial charge in [-0.15, -0.1) is 0 Å². The first-order valence-corrected chi connectivity index (χ1v) is 3.56. The molecule has 0 aromatic rings. The van der Waals surface area contributed by atoms with Crippen LogP contribution in [-0.4, -0.2) is 22.8 Å². The maximum Gasteiger partial charge on any atom is 0.0643 e. The molecular formula is C6H14B3. The molecule has 0 heterocycles. The molecule has 9 heavy (non-hydrogen) atoms. The van der Waals surface area contributed by atoms with Crippen LogP contribution in [0, 0.1) is 0 Å². The lowest BCUT2D eigenvalue weighted by molar-refractivity contribution is 0.886. The first kappa shape index (κ1) is 11.9. The van der Waals surface area contributed by atoms with Gasteiger partial charge in [0.05, 0.1) is 15.0 Å². The molecular weight excluding hydrogens is 105 g/mol. The van der Waals surface area contributed by atoms with Crippen LogP contribution in [0.5, 0.6) is 0 Å². The summed E-state index contributed by atoms with van der Waals surface area (Å²) in [5.41, 5.74) is 0. The summed E-state index contributed by atoms with van der Waals surface area (Å²) in [6.07, 6.45) is 4.12. The second kappa shape index (κ2) is 15.7. The Bertz CT molecular complexity index is 27.5. The van der Waals surface area contributed by atoms with Crippen molar-refractivity contribution in [2.45, 2.75) is 39.3 Å². The van der Waals surface area contributed by atoms with Crippen LogP contribution in [0.25, 0.3) is 0 Å². The van der Waals surface area contributed by atoms with Crippen molar-refractivity contribution in [3.8, 4) is 0 Å². The summed E-state index contributed by atoms with van der Waals surface area (Å²) in [6, 6.07) is 0. The minimum absolute atomic E-state index is 0.663. The topological polar surface area (TPSA) is 0 Å². The van der Waals surface area contributed by atoms with E-state index in [1.54, 1.807) is 7.17 Å². The molecule has 0 aliphatic heterocycles. The fourth-order valence-corrected chi connectivity index (χ4v) is 0.0962. The third kappa shape index (κ3) is 30.8. The van der Waals surface area contributed by atoms with E-state index < -0.39 is 0 Å². The molecule has 0 nitrogen and oxygen atoms in total. The summed E-state index contributed by atoms with van der Waals surface area (Å²) in [5, 5.41) is 0. The second-order valence-corrected chi connectivity index (χ2v) is 1.81. The molecule has 0 spiro atoms. The Morgan fingerprint density at radius 3 is 1.67 bits per heavy atom. The van der Waals surface area contributed by atoms with Gasteiger partial charge in [-0.05, 0) is 0 Å². The Labute approximate surface area is 62.8 Å². The Kier molecular flexibility index (Phi) is 20.8. The molecule has 5 radical (unpaired) electrons. The molecule has 0 aromatic heterocycles. The summed E-state index contributed by atoms with van der Waals surface area (Å²) in [6.45, 7) is 4.36. The molecule has 0 unspecified atom stereocenters. The van der Waals surface area contributed by atoms with Gasteiger partial charge in [-0.3, -0.25) is 0 Å². The monoisotopic (exact) mass is 119 g/mol. The van der Waals surface area contributed by atoms with Crippen molar-refractivity contribution in [3.63, 3.8) is 0 Å². The maximum atomic E-state index is 5.03. The van der Waals surface area contributed by atoms with Crippen molar-refractivity contribution in [1.29, 1.82) is 0 Å². The van der Waals surface area contributed by atoms with Gasteiger partial charge in [0.15, 0.2) is 0 Å². The smallest absolute Gasteiger partial charge is 0.0643 e. The zero-order chi connectivity index (χ0) is 7.54. The van der Waals surface area contributed by atoms with Crippen LogP contribution in [0.3, 0.4) is 0 Å². The highest BCUT2D eigenvalue weighted by atomic mass is 13.6. The maximum absolute atomic E-state index is 5.03. The van der Waals surface area contributed by atoms with Crippen LogP contribution in [0.2, 0.25) is 12.6 Å². The fraction of sp³-hybridized carbons (Fsp3) is 1.00. The molecule has 0 aliphatic carbocycles. The van der Waals surface area contributed by atoms with Crippen LogP contribution >= 0.6 is 0 Å². The predicted octanol–water partition coefficient (Wildman–Crippen LogP) is 1.59. The van der Waals surface area contributed by atoms with Crippen LogP contribution in [0.4, 0.5) is 0 Å². The minimum Gasteiger partial charge on any atom is -0.0970 e. The quantitative estimate of drug-likeness (QED) is 0.494. The predicted molar refractivity (Wildman–Crippen MR) is 47.5 cm³/mol. The van der Waals surface area contributed by atoms with E-state index in [-0.39, 0.29) is 0 Å². The van der Waals surface area contributed by atoms with Crippen molar-refractivity contribution in [2.24, 2.45) is 0 Å². The highest BCUT2D eigenvalue weighted by molar-refractivity contribution is 6.89. The van der Waals surface area contributed by atoms with Gasteiger partial charge in [0.1, 0.15) is 0 Å². The molecule has 47 valence electrons. The SMILES string of the molecule is CCCC.[B][B]CC[B]. The van der Waals surface area contributed by atoms with Crippen molar-refractivity contribution in [2.75, 3.05) is 0 Å². The third-order valence-corrected chi connectivity index (χ3v) is 0.833. The zero-order valence-corrected chi connectivity index (χ0v) is 6.56. The number of rotatable bonds is 3. The number of hydrogen-bond acceptors (Lipinski definition) is 0. The van der Waals surface area contributed by atoms with E-state index in [0.29, 0.717) is 6.32 Å². The van der Waals surface area contributed by atoms with Gasteiger partial charge in [-0.2, -0.15) is 0 Å². The highest BCUT2D eigenvalue weighted by Crippen LogP contribution is 1.76. The van der Waals surface area contributed by atoms with E-state index in [4.69, 9.17) is 15.6 Å². The molecule has 0 atom stereocenters. The van der Waals surface area contributed by atoms with Gasteiger partial charge in [-0.1, -0.05) is 39.3 Å². The fourth-order valence-electron chi connectivity index (χ4n) is 0.0962. The van der Waals surface area contributed by atoms with E-state index in [1.165, 1.54) is 12.8 Å². The van der Waals surface area contributed by atoms with Gasteiger partial charge < -0.3 is 0 Å². The van der Waals surface area contributed by atoms with Crippen LogP contribution in [-0.2, 0) is 0 Å². The van der Waals surface area contributed by atoms with Gasteiger partial charge >= 0.3 is 0 Å². The van der Waals surface area contributed by atoms with Gasteiger partial charge in [0.25, 0.3) is 0 Å².